The maximum absolute atomic E-state index is 12.3. The summed E-state index contributed by atoms with van der Waals surface area (Å²) >= 11 is 0. The molecule has 0 bridgehead atoms. The molecule has 0 aliphatic carbocycles. The van der Waals surface area contributed by atoms with Gasteiger partial charge in [-0.3, -0.25) is 0 Å². The Labute approximate surface area is 153 Å². The molecule has 1 atom stereocenters. The number of benzene rings is 2. The van der Waals surface area contributed by atoms with Gasteiger partial charge in [-0.05, 0) is 30.2 Å². The van der Waals surface area contributed by atoms with Crippen molar-refractivity contribution in [2.24, 2.45) is 0 Å². The molecule has 0 saturated carbocycles. The molecule has 1 unspecified atom stereocenters. The Kier molecular flexibility index (Phi) is 5.50. The zero-order chi connectivity index (χ0) is 18.6. The van der Waals surface area contributed by atoms with E-state index in [2.05, 4.69) is 4.72 Å². The topological polar surface area (TPSA) is 84.9 Å². The third-order valence-corrected chi connectivity index (χ3v) is 5.89. The summed E-state index contributed by atoms with van der Waals surface area (Å²) in [6.45, 7) is 0.277. The first-order chi connectivity index (χ1) is 12.4. The first-order valence-corrected chi connectivity index (χ1v) is 10.1. The number of ether oxygens (including phenoxy) is 2. The van der Waals surface area contributed by atoms with E-state index in [4.69, 9.17) is 9.47 Å². The number of aliphatic hydroxyl groups is 1. The lowest BCUT2D eigenvalue weighted by Crippen LogP contribution is -2.44. The third-order valence-electron chi connectivity index (χ3n) is 4.56. The fourth-order valence-electron chi connectivity index (χ4n) is 2.97. The van der Waals surface area contributed by atoms with Crippen molar-refractivity contribution in [3.63, 3.8) is 0 Å². The summed E-state index contributed by atoms with van der Waals surface area (Å²) in [5.41, 5.74) is 0.262. The van der Waals surface area contributed by atoms with E-state index in [9.17, 15) is 13.5 Å². The third kappa shape index (κ3) is 4.35. The summed E-state index contributed by atoms with van der Waals surface area (Å²) < 4.78 is 37.9. The van der Waals surface area contributed by atoms with E-state index in [1.54, 1.807) is 37.4 Å². The number of rotatable bonds is 7. The van der Waals surface area contributed by atoms with Crippen molar-refractivity contribution in [3.8, 4) is 11.5 Å². The van der Waals surface area contributed by atoms with Gasteiger partial charge in [0.25, 0.3) is 0 Å². The van der Waals surface area contributed by atoms with E-state index in [0.717, 1.165) is 11.3 Å². The molecule has 2 aromatic rings. The van der Waals surface area contributed by atoms with Gasteiger partial charge in [-0.25, -0.2) is 13.1 Å². The smallest absolute Gasteiger partial charge is 0.212 e. The molecule has 0 fully saturated rings. The van der Waals surface area contributed by atoms with Crippen LogP contribution in [0.5, 0.6) is 11.5 Å². The highest BCUT2D eigenvalue weighted by Crippen LogP contribution is 2.36. The van der Waals surface area contributed by atoms with Gasteiger partial charge < -0.3 is 14.6 Å². The Morgan fingerprint density at radius 3 is 2.65 bits per heavy atom. The summed E-state index contributed by atoms with van der Waals surface area (Å²) in [7, 11) is -1.93. The van der Waals surface area contributed by atoms with Gasteiger partial charge in [0.2, 0.25) is 10.0 Å². The Morgan fingerprint density at radius 2 is 1.92 bits per heavy atom. The van der Waals surface area contributed by atoms with Gasteiger partial charge in [-0.15, -0.1) is 0 Å². The first-order valence-electron chi connectivity index (χ1n) is 8.47. The summed E-state index contributed by atoms with van der Waals surface area (Å²) in [6.07, 6.45) is 0.725. The maximum Gasteiger partial charge on any atom is 0.212 e. The highest BCUT2D eigenvalue weighted by atomic mass is 32.2. The number of sulfonamides is 1. The molecule has 140 valence electrons. The predicted octanol–water partition coefficient (Wildman–Crippen LogP) is 1.83. The highest BCUT2D eigenvalue weighted by Gasteiger charge is 2.36. The second-order valence-corrected chi connectivity index (χ2v) is 8.29. The van der Waals surface area contributed by atoms with Crippen molar-refractivity contribution in [2.75, 3.05) is 26.0 Å². The molecule has 0 aromatic heterocycles. The van der Waals surface area contributed by atoms with Crippen molar-refractivity contribution < 1.29 is 23.0 Å². The SMILES string of the molecule is COc1ccc(CCS(=O)(=O)NCC2(O)CCOc3ccccc32)cc1. The lowest BCUT2D eigenvalue weighted by atomic mass is 9.88. The van der Waals surface area contributed by atoms with E-state index in [1.165, 1.54) is 0 Å². The second kappa shape index (κ2) is 7.65. The van der Waals surface area contributed by atoms with Gasteiger partial charge in [0.15, 0.2) is 0 Å². The largest absolute Gasteiger partial charge is 0.497 e. The van der Waals surface area contributed by atoms with Crippen LogP contribution in [0.4, 0.5) is 0 Å². The van der Waals surface area contributed by atoms with Crippen LogP contribution in [0, 0.1) is 0 Å². The molecule has 1 aliphatic heterocycles. The van der Waals surface area contributed by atoms with Crippen LogP contribution in [-0.2, 0) is 22.0 Å². The molecule has 26 heavy (non-hydrogen) atoms. The number of nitrogens with one attached hydrogen (secondary N) is 1. The minimum Gasteiger partial charge on any atom is -0.497 e. The number of hydrogen-bond acceptors (Lipinski definition) is 5. The molecule has 0 saturated heterocycles. The molecule has 1 aliphatic rings. The van der Waals surface area contributed by atoms with Crippen molar-refractivity contribution in [2.45, 2.75) is 18.4 Å². The van der Waals surface area contributed by atoms with Crippen LogP contribution < -0.4 is 14.2 Å². The molecule has 1 heterocycles. The Hall–Kier alpha value is -2.09. The number of hydrogen-bond donors (Lipinski definition) is 2. The van der Waals surface area contributed by atoms with E-state index in [-0.39, 0.29) is 12.3 Å². The van der Waals surface area contributed by atoms with Crippen LogP contribution in [0.2, 0.25) is 0 Å². The van der Waals surface area contributed by atoms with Gasteiger partial charge in [0.05, 0.1) is 19.5 Å². The molecule has 3 rings (SSSR count). The Balaban J connectivity index is 1.61. The minimum atomic E-state index is -3.52. The molecule has 0 amide bonds. The average molecular weight is 377 g/mol. The van der Waals surface area contributed by atoms with E-state index < -0.39 is 15.6 Å². The van der Waals surface area contributed by atoms with E-state index >= 15 is 0 Å². The zero-order valence-corrected chi connectivity index (χ0v) is 15.5. The van der Waals surface area contributed by atoms with Gasteiger partial charge in [-0.1, -0.05) is 30.3 Å². The second-order valence-electron chi connectivity index (χ2n) is 6.36. The number of methoxy groups -OCH3 is 1. The molecular weight excluding hydrogens is 354 g/mol. The molecule has 2 N–H and O–H groups in total. The first kappa shape index (κ1) is 18.7. The van der Waals surface area contributed by atoms with Crippen LogP contribution in [0.3, 0.4) is 0 Å². The number of aryl methyl sites for hydroxylation is 1. The molecule has 2 aromatic carbocycles. The lowest BCUT2D eigenvalue weighted by Gasteiger charge is -2.34. The van der Waals surface area contributed by atoms with Crippen LogP contribution in [-0.4, -0.2) is 39.5 Å². The van der Waals surface area contributed by atoms with Gasteiger partial charge in [0.1, 0.15) is 17.1 Å². The zero-order valence-electron chi connectivity index (χ0n) is 14.6. The molecule has 6 nitrogen and oxygen atoms in total. The van der Waals surface area contributed by atoms with Gasteiger partial charge >= 0.3 is 0 Å². The highest BCUT2D eigenvalue weighted by molar-refractivity contribution is 7.89. The normalized spacial score (nSPS) is 19.5. The van der Waals surface area contributed by atoms with Crippen LogP contribution in [0.25, 0.3) is 0 Å². The predicted molar refractivity (Wildman–Crippen MR) is 98.9 cm³/mol. The van der Waals surface area contributed by atoms with Crippen molar-refractivity contribution >= 4 is 10.0 Å². The Bertz CT molecular complexity index is 850. The van der Waals surface area contributed by atoms with Gasteiger partial charge in [-0.2, -0.15) is 0 Å². The van der Waals surface area contributed by atoms with E-state index in [1.807, 2.05) is 18.2 Å². The quantitative estimate of drug-likeness (QED) is 0.769. The van der Waals surface area contributed by atoms with E-state index in [0.29, 0.717) is 30.8 Å². The minimum absolute atomic E-state index is 0.0481. The summed E-state index contributed by atoms with van der Waals surface area (Å²) in [5, 5.41) is 10.9. The number of para-hydroxylation sites is 1. The standard InChI is InChI=1S/C19H23NO5S/c1-24-16-8-6-15(7-9-16)10-13-26(22,23)20-14-19(21)11-12-25-18-5-3-2-4-17(18)19/h2-9,20-21H,10-14H2,1H3. The monoisotopic (exact) mass is 377 g/mol. The van der Waals surface area contributed by atoms with Crippen molar-refractivity contribution in [1.29, 1.82) is 0 Å². The summed E-state index contributed by atoms with van der Waals surface area (Å²) in [6, 6.07) is 14.5. The fourth-order valence-corrected chi connectivity index (χ4v) is 4.08. The average Bonchev–Trinajstić information content (AvgIpc) is 2.66. The van der Waals surface area contributed by atoms with Crippen LogP contribution >= 0.6 is 0 Å². The molecule has 7 heteroatoms. The van der Waals surface area contributed by atoms with Gasteiger partial charge in [0, 0.05) is 18.5 Å². The van der Waals surface area contributed by atoms with Crippen molar-refractivity contribution in [1.82, 2.24) is 4.72 Å². The van der Waals surface area contributed by atoms with Crippen LogP contribution in [0.15, 0.2) is 48.5 Å². The summed E-state index contributed by atoms with van der Waals surface area (Å²) in [4.78, 5) is 0. The lowest BCUT2D eigenvalue weighted by molar-refractivity contribution is 0.00220. The molecule has 0 spiro atoms. The summed E-state index contributed by atoms with van der Waals surface area (Å²) in [5.74, 6) is 1.28. The molecule has 0 radical (unpaired) electrons. The molecular formula is C19H23NO5S. The Morgan fingerprint density at radius 1 is 1.19 bits per heavy atom. The van der Waals surface area contributed by atoms with Crippen molar-refractivity contribution in [3.05, 3.63) is 59.7 Å². The van der Waals surface area contributed by atoms with Crippen LogP contribution in [0.1, 0.15) is 17.5 Å². The maximum atomic E-state index is 12.3. The fraction of sp³-hybridized carbons (Fsp3) is 0.368. The number of fused-ring (bicyclic) bond motifs is 1.